The van der Waals surface area contributed by atoms with Gasteiger partial charge >= 0.3 is 5.69 Å². The SMILES string of the molecule is C=CC(=O)N1CCN2c3nc(=O)n(-c4c(C)ccnc4C(C)C)c4c(Cl)c(-c5c(N)c(Cl)cc(Cl)c5F)c(F)c(c34)S(=O)(=O)CC2C1. The van der Waals surface area contributed by atoms with Gasteiger partial charge in [-0.15, -0.1) is 0 Å². The van der Waals surface area contributed by atoms with Crippen LogP contribution in [0.2, 0.25) is 15.1 Å². The molecule has 2 aliphatic rings. The molecule has 0 aliphatic carbocycles. The number of aryl methyl sites for hydroxylation is 1. The minimum Gasteiger partial charge on any atom is -0.397 e. The molecule has 246 valence electrons. The lowest BCUT2D eigenvalue weighted by Gasteiger charge is -2.41. The maximum absolute atomic E-state index is 17.1. The number of aromatic nitrogens is 3. The summed E-state index contributed by atoms with van der Waals surface area (Å²) < 4.78 is 62.7. The molecular formula is C31H27Cl3F2N6O4S. The number of benzene rings is 2. The molecule has 1 fully saturated rings. The van der Waals surface area contributed by atoms with Gasteiger partial charge in [0.25, 0.3) is 0 Å². The van der Waals surface area contributed by atoms with Crippen molar-refractivity contribution >= 4 is 73.0 Å². The van der Waals surface area contributed by atoms with Gasteiger partial charge in [-0.1, -0.05) is 55.2 Å². The van der Waals surface area contributed by atoms with Crippen LogP contribution in [0.1, 0.15) is 31.0 Å². The molecule has 1 amide bonds. The first-order valence-electron chi connectivity index (χ1n) is 14.4. The number of hydrogen-bond acceptors (Lipinski definition) is 8. The van der Waals surface area contributed by atoms with Gasteiger partial charge in [-0.3, -0.25) is 14.3 Å². The van der Waals surface area contributed by atoms with Gasteiger partial charge in [-0.05, 0) is 36.6 Å². The van der Waals surface area contributed by atoms with Crippen LogP contribution in [0.5, 0.6) is 0 Å². The summed E-state index contributed by atoms with van der Waals surface area (Å²) in [5, 5.41) is -1.58. The average molecular weight is 724 g/mol. The van der Waals surface area contributed by atoms with Crippen LogP contribution in [0.15, 0.2) is 40.7 Å². The van der Waals surface area contributed by atoms with E-state index in [1.807, 2.05) is 13.8 Å². The third-order valence-electron chi connectivity index (χ3n) is 8.50. The van der Waals surface area contributed by atoms with Crippen molar-refractivity contribution in [1.29, 1.82) is 0 Å². The number of piperazine rings is 1. The van der Waals surface area contributed by atoms with Crippen molar-refractivity contribution in [3.8, 4) is 16.8 Å². The van der Waals surface area contributed by atoms with Crippen molar-refractivity contribution < 1.29 is 22.0 Å². The topological polar surface area (TPSA) is 131 Å². The number of fused-ring (bicyclic) bond motifs is 2. The Hall–Kier alpha value is -3.78. The summed E-state index contributed by atoms with van der Waals surface area (Å²) in [6.45, 7) is 9.01. The Morgan fingerprint density at radius 2 is 1.85 bits per heavy atom. The molecule has 0 spiro atoms. The number of nitrogens with zero attached hydrogens (tertiary/aromatic N) is 5. The lowest BCUT2D eigenvalue weighted by Crippen LogP contribution is -2.57. The lowest BCUT2D eigenvalue weighted by molar-refractivity contribution is -0.126. The van der Waals surface area contributed by atoms with E-state index in [9.17, 15) is 18.0 Å². The molecule has 4 heterocycles. The number of carbonyl (C=O) groups excluding carboxylic acids is 1. The second-order valence-electron chi connectivity index (χ2n) is 11.7. The third kappa shape index (κ3) is 5.06. The molecule has 2 aliphatic heterocycles. The number of anilines is 2. The smallest absolute Gasteiger partial charge is 0.354 e. The Labute approximate surface area is 283 Å². The molecule has 1 saturated heterocycles. The number of amides is 1. The molecule has 2 N–H and O–H groups in total. The molecule has 4 aromatic rings. The molecule has 0 bridgehead atoms. The van der Waals surface area contributed by atoms with Crippen molar-refractivity contribution in [2.45, 2.75) is 37.6 Å². The van der Waals surface area contributed by atoms with Crippen LogP contribution >= 0.6 is 34.8 Å². The normalized spacial score (nSPS) is 17.2. The number of nitrogens with two attached hydrogens (primary N) is 1. The zero-order valence-electron chi connectivity index (χ0n) is 25.2. The Morgan fingerprint density at radius 3 is 2.51 bits per heavy atom. The summed E-state index contributed by atoms with van der Waals surface area (Å²) in [5.74, 6) is -4.12. The van der Waals surface area contributed by atoms with Crippen molar-refractivity contribution in [2.75, 3.05) is 36.0 Å². The minimum atomic E-state index is -4.62. The molecule has 2 aromatic carbocycles. The summed E-state index contributed by atoms with van der Waals surface area (Å²) in [5.41, 5.74) is 4.39. The first-order valence-corrected chi connectivity index (χ1v) is 17.2. The Kier molecular flexibility index (Phi) is 8.27. The fraction of sp³-hybridized carbons (Fsp3) is 0.290. The standard InChI is InChI=1S/C31H27Cl3F2N6O4S/c1-5-18(43)40-8-9-41-15(11-40)12-47(45,46)29-21-28(22(34)19(24(29)36)20-23(35)16(32)10-17(33)25(20)37)42(31(44)39-30(21)41)27-14(4)6-7-38-26(27)13(2)3/h5-7,10,13,15H,1,8-9,11-12,37H2,2-4H3. The van der Waals surface area contributed by atoms with E-state index in [2.05, 4.69) is 16.5 Å². The van der Waals surface area contributed by atoms with E-state index in [1.165, 1.54) is 4.90 Å². The van der Waals surface area contributed by atoms with Crippen LogP contribution in [0.25, 0.3) is 27.7 Å². The van der Waals surface area contributed by atoms with E-state index in [-0.39, 0.29) is 53.0 Å². The largest absolute Gasteiger partial charge is 0.397 e. The number of halogens is 5. The molecule has 10 nitrogen and oxygen atoms in total. The molecular weight excluding hydrogens is 697 g/mol. The molecule has 0 radical (unpaired) electrons. The van der Waals surface area contributed by atoms with Gasteiger partial charge in [0.2, 0.25) is 5.91 Å². The van der Waals surface area contributed by atoms with Gasteiger partial charge in [-0.25, -0.2) is 22.0 Å². The van der Waals surface area contributed by atoms with E-state index in [0.717, 1.165) is 16.7 Å². The van der Waals surface area contributed by atoms with E-state index in [1.54, 1.807) is 24.1 Å². The molecule has 16 heteroatoms. The van der Waals surface area contributed by atoms with Gasteiger partial charge in [0.05, 0.1) is 54.8 Å². The fourth-order valence-electron chi connectivity index (χ4n) is 6.37. The quantitative estimate of drug-likeness (QED) is 0.162. The molecule has 2 aromatic heterocycles. The number of sulfone groups is 1. The molecule has 6 rings (SSSR count). The molecule has 1 atom stereocenters. The highest BCUT2D eigenvalue weighted by atomic mass is 35.5. The average Bonchev–Trinajstić information content (AvgIpc) is 3.10. The molecule has 1 unspecified atom stereocenters. The van der Waals surface area contributed by atoms with Crippen LogP contribution < -0.4 is 16.3 Å². The predicted octanol–water partition coefficient (Wildman–Crippen LogP) is 5.69. The van der Waals surface area contributed by atoms with Crippen LogP contribution in [0.4, 0.5) is 20.3 Å². The highest BCUT2D eigenvalue weighted by Crippen LogP contribution is 2.50. The second-order valence-corrected chi connectivity index (χ2v) is 14.8. The highest BCUT2D eigenvalue weighted by molar-refractivity contribution is 7.91. The number of rotatable bonds is 4. The van der Waals surface area contributed by atoms with E-state index in [0.29, 0.717) is 11.3 Å². The number of pyridine rings is 1. The lowest BCUT2D eigenvalue weighted by atomic mass is 9.98. The van der Waals surface area contributed by atoms with Gasteiger partial charge in [0.15, 0.2) is 21.5 Å². The summed E-state index contributed by atoms with van der Waals surface area (Å²) in [4.78, 5) is 37.7. The van der Waals surface area contributed by atoms with Crippen LogP contribution in [0.3, 0.4) is 0 Å². The Morgan fingerprint density at radius 1 is 1.15 bits per heavy atom. The summed E-state index contributed by atoms with van der Waals surface area (Å²) in [6.07, 6.45) is 2.66. The van der Waals surface area contributed by atoms with Crippen LogP contribution in [-0.2, 0) is 14.6 Å². The van der Waals surface area contributed by atoms with Gasteiger partial charge < -0.3 is 15.5 Å². The number of hydrogen-bond donors (Lipinski definition) is 1. The van der Waals surface area contributed by atoms with Crippen LogP contribution in [-0.4, -0.2) is 65.2 Å². The van der Waals surface area contributed by atoms with Crippen molar-refractivity contribution in [3.63, 3.8) is 0 Å². The monoisotopic (exact) mass is 722 g/mol. The summed E-state index contributed by atoms with van der Waals surface area (Å²) in [6, 6.07) is 1.73. The van der Waals surface area contributed by atoms with Gasteiger partial charge in [-0.2, -0.15) is 4.98 Å². The van der Waals surface area contributed by atoms with E-state index >= 15 is 8.78 Å². The maximum Gasteiger partial charge on any atom is 0.354 e. The fourth-order valence-corrected chi connectivity index (χ4v) is 9.03. The molecule has 0 saturated carbocycles. The van der Waals surface area contributed by atoms with Gasteiger partial charge in [0, 0.05) is 37.0 Å². The Bertz CT molecular complexity index is 2200. The number of carbonyl (C=O) groups is 1. The van der Waals surface area contributed by atoms with Crippen molar-refractivity contribution in [1.82, 2.24) is 19.4 Å². The maximum atomic E-state index is 17.1. The minimum absolute atomic E-state index is 0.0559. The first-order chi connectivity index (χ1) is 22.1. The zero-order chi connectivity index (χ0) is 34.3. The highest BCUT2D eigenvalue weighted by Gasteiger charge is 2.43. The summed E-state index contributed by atoms with van der Waals surface area (Å²) >= 11 is 19.4. The van der Waals surface area contributed by atoms with E-state index in [4.69, 9.17) is 40.5 Å². The second kappa shape index (κ2) is 11.7. The van der Waals surface area contributed by atoms with Crippen LogP contribution in [0, 0.1) is 18.6 Å². The van der Waals surface area contributed by atoms with E-state index < -0.39 is 76.6 Å². The zero-order valence-corrected chi connectivity index (χ0v) is 28.3. The number of nitrogen functional groups attached to an aromatic ring is 1. The third-order valence-corrected chi connectivity index (χ3v) is 11.3. The van der Waals surface area contributed by atoms with Crippen molar-refractivity contribution in [3.05, 3.63) is 79.4 Å². The molecule has 47 heavy (non-hydrogen) atoms. The van der Waals surface area contributed by atoms with Gasteiger partial charge in [0.1, 0.15) is 10.7 Å². The van der Waals surface area contributed by atoms with Crippen molar-refractivity contribution in [2.24, 2.45) is 0 Å². The first kappa shape index (κ1) is 33.1. The Balaban J connectivity index is 1.86. The predicted molar refractivity (Wildman–Crippen MR) is 179 cm³/mol. The summed E-state index contributed by atoms with van der Waals surface area (Å²) in [7, 11) is -4.62.